The summed E-state index contributed by atoms with van der Waals surface area (Å²) >= 11 is 6.32. The van der Waals surface area contributed by atoms with E-state index in [4.69, 9.17) is 21.1 Å². The van der Waals surface area contributed by atoms with E-state index in [2.05, 4.69) is 0 Å². The molecular weight excluding hydrogens is 552 g/mol. The fourth-order valence-corrected chi connectivity index (χ4v) is 5.25. The van der Waals surface area contributed by atoms with E-state index in [1.807, 2.05) is 120 Å². The standard InChI is InChI=1S/C33H34ClN4O4/c1-7-41-32(39)29-19-25(27-17-23(35(3)4)13-15-37(27)29)31(21-9-11-22(34)12-10-21)26-20-30(33(40)42-8-2)38-16-14-24(36(5)6)18-28(26)38/h9-20H,7-8H2,1-6H3/q+1. The summed E-state index contributed by atoms with van der Waals surface area (Å²) < 4.78 is 16.6. The first-order valence-electron chi connectivity index (χ1n) is 13.8. The Morgan fingerprint density at radius 3 is 2.00 bits per heavy atom. The van der Waals surface area contributed by atoms with Crippen molar-refractivity contribution in [3.8, 4) is 0 Å². The number of carbonyl (C=O) groups is 2. The Morgan fingerprint density at radius 1 is 0.810 bits per heavy atom. The highest BCUT2D eigenvalue weighted by molar-refractivity contribution is 6.30. The molecule has 216 valence electrons. The number of esters is 2. The zero-order chi connectivity index (χ0) is 30.1. The molecule has 0 radical (unpaired) electrons. The summed E-state index contributed by atoms with van der Waals surface area (Å²) in [6.07, 6.45) is 3.76. The summed E-state index contributed by atoms with van der Waals surface area (Å²) in [6.45, 7) is 4.09. The van der Waals surface area contributed by atoms with E-state index in [1.54, 1.807) is 13.8 Å². The monoisotopic (exact) mass is 585 g/mol. The van der Waals surface area contributed by atoms with Gasteiger partial charge in [0, 0.05) is 65.7 Å². The number of anilines is 1. The molecule has 0 saturated heterocycles. The summed E-state index contributed by atoms with van der Waals surface area (Å²) in [5.41, 5.74) is 5.92. The average molecular weight is 586 g/mol. The van der Waals surface area contributed by atoms with Gasteiger partial charge in [0.2, 0.25) is 5.36 Å². The maximum Gasteiger partial charge on any atom is 0.355 e. The first-order chi connectivity index (χ1) is 20.1. The molecule has 42 heavy (non-hydrogen) atoms. The minimum absolute atomic E-state index is 0.255. The SMILES string of the molecule is CCOC(=O)c1cc(/C(c2ccc(Cl)cc2)=c2/cc(C(=O)OCC)n3ccc(=[N+](C)C)cc23)c2cc(N(C)C)ccn12. The van der Waals surface area contributed by atoms with Crippen LogP contribution in [0, 0.1) is 0 Å². The van der Waals surface area contributed by atoms with E-state index in [9.17, 15) is 9.59 Å². The van der Waals surface area contributed by atoms with E-state index >= 15 is 0 Å². The molecule has 9 heteroatoms. The molecule has 0 bridgehead atoms. The van der Waals surface area contributed by atoms with Crippen LogP contribution >= 0.6 is 11.6 Å². The van der Waals surface area contributed by atoms with Gasteiger partial charge >= 0.3 is 11.9 Å². The largest absolute Gasteiger partial charge is 0.461 e. The van der Waals surface area contributed by atoms with E-state index in [-0.39, 0.29) is 13.2 Å². The Morgan fingerprint density at radius 2 is 1.40 bits per heavy atom. The minimum Gasteiger partial charge on any atom is -0.461 e. The molecule has 0 aliphatic heterocycles. The van der Waals surface area contributed by atoms with Gasteiger partial charge in [0.1, 0.15) is 25.5 Å². The summed E-state index contributed by atoms with van der Waals surface area (Å²) in [6, 6.07) is 19.3. The number of pyridine rings is 2. The molecule has 0 spiro atoms. The molecule has 5 aromatic rings. The second kappa shape index (κ2) is 11.7. The van der Waals surface area contributed by atoms with Gasteiger partial charge in [-0.3, -0.25) is 0 Å². The van der Waals surface area contributed by atoms with Crippen molar-refractivity contribution in [3.63, 3.8) is 0 Å². The third-order valence-electron chi connectivity index (χ3n) is 7.18. The number of benzene rings is 1. The lowest BCUT2D eigenvalue weighted by molar-refractivity contribution is 0.0509. The molecule has 1 aromatic carbocycles. The van der Waals surface area contributed by atoms with Crippen LogP contribution in [0.4, 0.5) is 5.69 Å². The van der Waals surface area contributed by atoms with Crippen molar-refractivity contribution in [1.29, 1.82) is 0 Å². The first-order valence-corrected chi connectivity index (χ1v) is 14.1. The van der Waals surface area contributed by atoms with E-state index in [0.29, 0.717) is 16.4 Å². The summed E-state index contributed by atoms with van der Waals surface area (Å²) in [7, 11) is 7.89. The lowest BCUT2D eigenvalue weighted by atomic mass is 9.96. The quantitative estimate of drug-likeness (QED) is 0.211. The van der Waals surface area contributed by atoms with Gasteiger partial charge < -0.3 is 23.2 Å². The highest BCUT2D eigenvalue weighted by atomic mass is 35.5. The number of nitrogens with zero attached hydrogens (tertiary/aromatic N) is 4. The number of carbonyl (C=O) groups excluding carboxylic acids is 2. The van der Waals surface area contributed by atoms with Gasteiger partial charge in [-0.15, -0.1) is 0 Å². The van der Waals surface area contributed by atoms with Gasteiger partial charge in [-0.1, -0.05) is 23.7 Å². The lowest BCUT2D eigenvalue weighted by Crippen LogP contribution is -2.22. The topological polar surface area (TPSA) is 67.7 Å². The third-order valence-corrected chi connectivity index (χ3v) is 7.44. The normalized spacial score (nSPS) is 12.0. The van der Waals surface area contributed by atoms with Gasteiger partial charge in [-0.05, 0) is 55.8 Å². The average Bonchev–Trinajstić information content (AvgIpc) is 3.53. The molecule has 0 amide bonds. The summed E-state index contributed by atoms with van der Waals surface area (Å²) in [4.78, 5) is 28.4. The minimum atomic E-state index is -0.421. The van der Waals surface area contributed by atoms with Crippen LogP contribution in [-0.2, 0) is 9.47 Å². The Balaban J connectivity index is 2.02. The predicted octanol–water partition coefficient (Wildman–Crippen LogP) is 4.26. The van der Waals surface area contributed by atoms with Gasteiger partial charge in [0.15, 0.2) is 0 Å². The van der Waals surface area contributed by atoms with Crippen molar-refractivity contribution in [1.82, 2.24) is 13.4 Å². The van der Waals surface area contributed by atoms with Gasteiger partial charge in [-0.25, -0.2) is 14.2 Å². The van der Waals surface area contributed by atoms with Crippen molar-refractivity contribution in [2.24, 2.45) is 0 Å². The fraction of sp³-hybridized carbons (Fsp3) is 0.242. The van der Waals surface area contributed by atoms with E-state index in [0.717, 1.165) is 44.0 Å². The molecule has 0 atom stereocenters. The van der Waals surface area contributed by atoms with Gasteiger partial charge in [-0.2, -0.15) is 0 Å². The van der Waals surface area contributed by atoms with Crippen LogP contribution in [0.2, 0.25) is 5.02 Å². The molecule has 5 rings (SSSR count). The van der Waals surface area contributed by atoms with Crippen molar-refractivity contribution in [2.45, 2.75) is 13.8 Å². The number of halogens is 1. The number of hydrogen-bond acceptors (Lipinski definition) is 5. The van der Waals surface area contributed by atoms with Crippen molar-refractivity contribution in [3.05, 3.63) is 111 Å². The highest BCUT2D eigenvalue weighted by Crippen LogP contribution is 2.32. The Labute approximate surface area is 249 Å². The van der Waals surface area contributed by atoms with Crippen LogP contribution in [0.3, 0.4) is 0 Å². The maximum atomic E-state index is 13.2. The molecule has 0 aliphatic rings. The molecule has 0 fully saturated rings. The zero-order valence-electron chi connectivity index (χ0n) is 24.6. The Bertz CT molecular complexity index is 1950. The van der Waals surface area contributed by atoms with Crippen molar-refractivity contribution >= 4 is 45.8 Å². The second-order valence-corrected chi connectivity index (χ2v) is 10.7. The zero-order valence-corrected chi connectivity index (χ0v) is 25.4. The van der Waals surface area contributed by atoms with Gasteiger partial charge in [0.05, 0.1) is 24.2 Å². The predicted molar refractivity (Wildman–Crippen MR) is 166 cm³/mol. The summed E-state index contributed by atoms with van der Waals surface area (Å²) in [5, 5.41) is 2.38. The van der Waals surface area contributed by atoms with E-state index in [1.165, 1.54) is 0 Å². The second-order valence-electron chi connectivity index (χ2n) is 10.3. The molecule has 0 saturated carbocycles. The fourth-order valence-electron chi connectivity index (χ4n) is 5.13. The van der Waals surface area contributed by atoms with Crippen LogP contribution in [-0.4, -0.2) is 62.1 Å². The number of rotatable bonds is 7. The van der Waals surface area contributed by atoms with Crippen LogP contribution in [0.1, 0.15) is 46.0 Å². The summed E-state index contributed by atoms with van der Waals surface area (Å²) in [5.74, 6) is -0.841. The Kier molecular flexibility index (Phi) is 8.09. The van der Waals surface area contributed by atoms with Gasteiger partial charge in [0.25, 0.3) is 0 Å². The van der Waals surface area contributed by atoms with Crippen LogP contribution in [0.5, 0.6) is 0 Å². The number of aromatic nitrogens is 2. The molecule has 0 N–H and O–H groups in total. The van der Waals surface area contributed by atoms with Crippen molar-refractivity contribution < 1.29 is 19.1 Å². The number of ether oxygens (including phenoxy) is 2. The van der Waals surface area contributed by atoms with Crippen LogP contribution in [0.15, 0.2) is 73.1 Å². The molecular formula is C33H34ClN4O4+. The molecule has 4 aromatic heterocycles. The number of fused-ring (bicyclic) bond motifs is 2. The Hall–Kier alpha value is -4.56. The smallest absolute Gasteiger partial charge is 0.355 e. The number of hydrogen-bond donors (Lipinski definition) is 0. The third kappa shape index (κ3) is 5.25. The van der Waals surface area contributed by atoms with Crippen LogP contribution in [0.25, 0.3) is 16.6 Å². The lowest BCUT2D eigenvalue weighted by Gasteiger charge is -2.14. The first kappa shape index (κ1) is 29.0. The van der Waals surface area contributed by atoms with Crippen molar-refractivity contribution in [2.75, 3.05) is 46.3 Å². The molecule has 0 aliphatic carbocycles. The van der Waals surface area contributed by atoms with E-state index < -0.39 is 11.9 Å². The molecule has 4 heterocycles. The molecule has 0 unspecified atom stereocenters. The maximum absolute atomic E-state index is 13.2. The molecule has 8 nitrogen and oxygen atoms in total. The highest BCUT2D eigenvalue weighted by Gasteiger charge is 2.23. The van der Waals surface area contributed by atoms with Crippen LogP contribution < -0.4 is 20.1 Å².